The molecule has 0 saturated carbocycles. The van der Waals surface area contributed by atoms with E-state index in [1.54, 1.807) is 6.07 Å². The minimum atomic E-state index is -0.627. The average Bonchev–Trinajstić information content (AvgIpc) is 3.10. The van der Waals surface area contributed by atoms with Gasteiger partial charge in [-0.3, -0.25) is 9.69 Å². The van der Waals surface area contributed by atoms with Gasteiger partial charge in [0.2, 0.25) is 0 Å². The van der Waals surface area contributed by atoms with Crippen LogP contribution >= 0.6 is 0 Å². The molecule has 0 unspecified atom stereocenters. The molecule has 1 aromatic carbocycles. The Labute approximate surface area is 172 Å². The van der Waals surface area contributed by atoms with Crippen molar-refractivity contribution >= 4 is 5.91 Å². The van der Waals surface area contributed by atoms with Gasteiger partial charge < -0.3 is 20.4 Å². The van der Waals surface area contributed by atoms with Crippen molar-refractivity contribution in [1.82, 2.24) is 4.90 Å². The third kappa shape index (κ3) is 4.71. The molecular weight excluding hydrogens is 368 g/mol. The maximum Gasteiger partial charge on any atom is 0.284 e. The predicted octanol–water partition coefficient (Wildman–Crippen LogP) is 2.46. The number of carbonyl (C=O) groups is 1. The molecule has 6 heteroatoms. The van der Waals surface area contributed by atoms with Crippen molar-refractivity contribution in [3.05, 3.63) is 59.0 Å². The molecule has 158 valence electrons. The summed E-state index contributed by atoms with van der Waals surface area (Å²) in [4.78, 5) is 13.8. The third-order valence-electron chi connectivity index (χ3n) is 5.81. The van der Waals surface area contributed by atoms with E-state index in [1.807, 2.05) is 51.1 Å². The monoisotopic (exact) mass is 400 g/mol. The number of nitrogens with two attached hydrogens (primary N) is 1. The number of benzene rings is 1. The van der Waals surface area contributed by atoms with Crippen LogP contribution < -0.4 is 5.73 Å². The van der Waals surface area contributed by atoms with Crippen molar-refractivity contribution in [2.45, 2.75) is 51.7 Å². The second-order valence-electron chi connectivity index (χ2n) is 9.28. The second-order valence-corrected chi connectivity index (χ2v) is 9.28. The number of primary amides is 1. The number of piperidine rings is 1. The van der Waals surface area contributed by atoms with E-state index >= 15 is 0 Å². The van der Waals surface area contributed by atoms with Crippen molar-refractivity contribution in [1.29, 1.82) is 0 Å². The summed E-state index contributed by atoms with van der Waals surface area (Å²) in [6, 6.07) is 11.7. The molecule has 1 amide bonds. The van der Waals surface area contributed by atoms with Crippen LogP contribution in [0.4, 0.5) is 0 Å². The van der Waals surface area contributed by atoms with Crippen LogP contribution in [0.2, 0.25) is 0 Å². The summed E-state index contributed by atoms with van der Waals surface area (Å²) in [6.07, 6.45) is 0.613. The number of aliphatic hydroxyl groups is 2. The zero-order valence-electron chi connectivity index (χ0n) is 17.5. The summed E-state index contributed by atoms with van der Waals surface area (Å²) in [5.41, 5.74) is 6.55. The Morgan fingerprint density at radius 1 is 1.31 bits per heavy atom. The van der Waals surface area contributed by atoms with E-state index in [0.29, 0.717) is 32.5 Å². The fraction of sp³-hybridized carbons (Fsp3) is 0.522. The Hall–Kier alpha value is -2.15. The number of carbonyl (C=O) groups excluding carboxylic acids is 1. The number of nitrogens with zero attached hydrogens (tertiary/aromatic N) is 1. The molecule has 2 aromatic rings. The molecule has 1 aromatic heterocycles. The van der Waals surface area contributed by atoms with Crippen LogP contribution in [0.25, 0.3) is 0 Å². The van der Waals surface area contributed by atoms with Crippen molar-refractivity contribution in [2.24, 2.45) is 11.1 Å². The highest BCUT2D eigenvalue weighted by molar-refractivity contribution is 5.90. The van der Waals surface area contributed by atoms with Gasteiger partial charge in [-0.05, 0) is 24.5 Å². The van der Waals surface area contributed by atoms with E-state index in [0.717, 1.165) is 16.9 Å². The zero-order chi connectivity index (χ0) is 21.2. The minimum absolute atomic E-state index is 0.0936. The first-order chi connectivity index (χ1) is 13.6. The molecule has 0 bridgehead atoms. The first-order valence-corrected chi connectivity index (χ1v) is 10.1. The van der Waals surface area contributed by atoms with Crippen LogP contribution in [0.15, 0.2) is 40.8 Å². The maximum absolute atomic E-state index is 11.6. The zero-order valence-corrected chi connectivity index (χ0v) is 17.5. The lowest BCUT2D eigenvalue weighted by atomic mass is 9.73. The van der Waals surface area contributed by atoms with Crippen molar-refractivity contribution in [3.63, 3.8) is 0 Å². The number of furan rings is 1. The molecule has 2 heterocycles. The minimum Gasteiger partial charge on any atom is -0.455 e. The SMILES string of the molecule is CC(C)(C)c1oc(C(N)=O)cc1CN1CC[C@H](O)[C@](CO)(Cc2ccccc2)C1. The molecule has 1 saturated heterocycles. The lowest BCUT2D eigenvalue weighted by Crippen LogP contribution is -2.54. The number of hydrogen-bond acceptors (Lipinski definition) is 5. The van der Waals surface area contributed by atoms with Gasteiger partial charge in [0.1, 0.15) is 5.76 Å². The molecule has 6 nitrogen and oxygen atoms in total. The van der Waals surface area contributed by atoms with E-state index in [-0.39, 0.29) is 17.8 Å². The average molecular weight is 401 g/mol. The van der Waals surface area contributed by atoms with Gasteiger partial charge in [-0.15, -0.1) is 0 Å². The first-order valence-electron chi connectivity index (χ1n) is 10.1. The summed E-state index contributed by atoms with van der Waals surface area (Å²) in [7, 11) is 0. The van der Waals surface area contributed by atoms with Crippen LogP contribution in [0.3, 0.4) is 0 Å². The molecule has 0 aliphatic carbocycles. The molecule has 1 aliphatic rings. The van der Waals surface area contributed by atoms with Crippen molar-refractivity contribution in [2.75, 3.05) is 19.7 Å². The van der Waals surface area contributed by atoms with E-state index < -0.39 is 17.4 Å². The summed E-state index contributed by atoms with van der Waals surface area (Å²) >= 11 is 0. The molecule has 1 aliphatic heterocycles. The Morgan fingerprint density at radius 2 is 2.00 bits per heavy atom. The number of hydrogen-bond donors (Lipinski definition) is 3. The first kappa shape index (κ1) is 21.6. The highest BCUT2D eigenvalue weighted by Crippen LogP contribution is 2.36. The van der Waals surface area contributed by atoms with Crippen molar-refractivity contribution < 1.29 is 19.4 Å². The molecule has 0 spiro atoms. The summed E-state index contributed by atoms with van der Waals surface area (Å²) < 4.78 is 5.78. The number of rotatable bonds is 6. The van der Waals surface area contributed by atoms with Gasteiger partial charge in [0.05, 0.1) is 12.7 Å². The van der Waals surface area contributed by atoms with Gasteiger partial charge in [0.15, 0.2) is 5.76 Å². The fourth-order valence-corrected chi connectivity index (χ4v) is 4.31. The van der Waals surface area contributed by atoms with Gasteiger partial charge in [-0.25, -0.2) is 0 Å². The Kier molecular flexibility index (Phi) is 6.17. The Morgan fingerprint density at radius 3 is 2.59 bits per heavy atom. The van der Waals surface area contributed by atoms with Crippen LogP contribution in [-0.4, -0.2) is 46.8 Å². The van der Waals surface area contributed by atoms with Crippen LogP contribution in [0, 0.1) is 5.41 Å². The molecular formula is C23H32N2O4. The molecule has 1 fully saturated rings. The molecule has 0 radical (unpaired) electrons. The van der Waals surface area contributed by atoms with Gasteiger partial charge >= 0.3 is 0 Å². The van der Waals surface area contributed by atoms with Gasteiger partial charge in [0.25, 0.3) is 5.91 Å². The van der Waals surface area contributed by atoms with Crippen LogP contribution in [0.1, 0.15) is 54.6 Å². The number of amides is 1. The molecule has 29 heavy (non-hydrogen) atoms. The number of aliphatic hydroxyl groups excluding tert-OH is 2. The molecule has 3 rings (SSSR count). The topological polar surface area (TPSA) is 99.9 Å². The largest absolute Gasteiger partial charge is 0.455 e. The Balaban J connectivity index is 1.84. The standard InChI is InChI=1S/C23H32N2O4/c1-22(2,3)20-17(11-18(29-20)21(24)28)13-25-10-9-19(27)23(14-25,15-26)12-16-7-5-4-6-8-16/h4-8,11,19,26-27H,9-10,12-15H2,1-3H3,(H2,24,28)/t19-,23+/m0/s1. The summed E-state index contributed by atoms with van der Waals surface area (Å²) in [5.74, 6) is 0.333. The van der Waals surface area contributed by atoms with Crippen LogP contribution in [-0.2, 0) is 18.4 Å². The smallest absolute Gasteiger partial charge is 0.284 e. The number of likely N-dealkylation sites (tertiary alicyclic amines) is 1. The highest BCUT2D eigenvalue weighted by Gasteiger charge is 2.42. The van der Waals surface area contributed by atoms with Crippen molar-refractivity contribution in [3.8, 4) is 0 Å². The van der Waals surface area contributed by atoms with E-state index in [9.17, 15) is 15.0 Å². The predicted molar refractivity (Wildman–Crippen MR) is 111 cm³/mol. The molecule has 2 atom stereocenters. The van der Waals surface area contributed by atoms with Gasteiger partial charge in [0, 0.05) is 36.0 Å². The van der Waals surface area contributed by atoms with E-state index in [4.69, 9.17) is 10.2 Å². The maximum atomic E-state index is 11.6. The fourth-order valence-electron chi connectivity index (χ4n) is 4.31. The lowest BCUT2D eigenvalue weighted by molar-refractivity contribution is -0.0769. The summed E-state index contributed by atoms with van der Waals surface area (Å²) in [6.45, 7) is 7.85. The van der Waals surface area contributed by atoms with E-state index in [2.05, 4.69) is 4.90 Å². The quantitative estimate of drug-likeness (QED) is 0.692. The normalized spacial score (nSPS) is 23.3. The van der Waals surface area contributed by atoms with Crippen LogP contribution in [0.5, 0.6) is 0 Å². The second kappa shape index (κ2) is 8.30. The van der Waals surface area contributed by atoms with E-state index in [1.165, 1.54) is 0 Å². The van der Waals surface area contributed by atoms with Gasteiger partial charge in [-0.2, -0.15) is 0 Å². The highest BCUT2D eigenvalue weighted by atomic mass is 16.4. The summed E-state index contributed by atoms with van der Waals surface area (Å²) in [5, 5.41) is 21.0. The lowest BCUT2D eigenvalue weighted by Gasteiger charge is -2.45. The Bertz CT molecular complexity index is 840. The van der Waals surface area contributed by atoms with Gasteiger partial charge in [-0.1, -0.05) is 51.1 Å². The third-order valence-corrected chi connectivity index (χ3v) is 5.81. The molecule has 4 N–H and O–H groups in total.